The van der Waals surface area contributed by atoms with Crippen LogP contribution in [0.4, 0.5) is 0 Å². The number of nitrogens with zero attached hydrogens (tertiary/aromatic N) is 7. The smallest absolute Gasteiger partial charge is 0.0886 e. The molecule has 7 heterocycles. The monoisotopic (exact) mass is 1800 g/mol. The number of benzene rings is 21. The highest BCUT2D eigenvalue weighted by Crippen LogP contribution is 2.46. The molecule has 0 bridgehead atoms. The van der Waals surface area contributed by atoms with E-state index in [9.17, 15) is 0 Å². The molecule has 0 unspecified atom stereocenters. The summed E-state index contributed by atoms with van der Waals surface area (Å²) in [5.74, 6) is 0. The van der Waals surface area contributed by atoms with E-state index in [1.165, 1.54) is 125 Å². The zero-order chi connectivity index (χ0) is 93.9. The van der Waals surface area contributed by atoms with Crippen molar-refractivity contribution in [2.75, 3.05) is 0 Å². The highest BCUT2D eigenvalue weighted by atomic mass is 14.8. The van der Waals surface area contributed by atoms with E-state index in [0.717, 1.165) is 150 Å². The molecule has 660 valence electrons. The Kier molecular flexibility index (Phi) is 21.2. The van der Waals surface area contributed by atoms with Crippen molar-refractivity contribution in [1.82, 2.24) is 34.9 Å². The van der Waals surface area contributed by atoms with Gasteiger partial charge in [0.1, 0.15) is 0 Å². The van der Waals surface area contributed by atoms with E-state index in [0.29, 0.717) is 0 Å². The van der Waals surface area contributed by atoms with Crippen LogP contribution in [0.5, 0.6) is 0 Å². The summed E-state index contributed by atoms with van der Waals surface area (Å²) < 4.78 is 0. The first-order valence-electron chi connectivity index (χ1n) is 48.2. The van der Waals surface area contributed by atoms with Crippen molar-refractivity contribution in [1.29, 1.82) is 0 Å². The van der Waals surface area contributed by atoms with Gasteiger partial charge in [-0.3, -0.25) is 15.0 Å². The molecule has 0 fully saturated rings. The summed E-state index contributed by atoms with van der Waals surface area (Å²) in [5, 5.41) is 26.8. The number of para-hydroxylation sites is 1. The normalized spacial score (nSPS) is 11.5. The van der Waals surface area contributed by atoms with Gasteiger partial charge in [0.25, 0.3) is 0 Å². The third-order valence-electron chi connectivity index (χ3n) is 28.0. The van der Waals surface area contributed by atoms with Crippen LogP contribution in [0.2, 0.25) is 0 Å². The largest absolute Gasteiger partial charge is 0.256 e. The van der Waals surface area contributed by atoms with Gasteiger partial charge in [-0.2, -0.15) is 0 Å². The van der Waals surface area contributed by atoms with Gasteiger partial charge in [-0.05, 0) is 298 Å². The lowest BCUT2D eigenvalue weighted by molar-refractivity contribution is 1.25. The van der Waals surface area contributed by atoms with E-state index in [1.54, 1.807) is 6.20 Å². The van der Waals surface area contributed by atoms with E-state index in [-0.39, 0.29) is 0 Å². The first-order valence-corrected chi connectivity index (χ1v) is 48.2. The number of hydrogen-bond acceptors (Lipinski definition) is 7. The van der Waals surface area contributed by atoms with Crippen molar-refractivity contribution in [3.05, 3.63) is 516 Å². The molecule has 0 aliphatic carbocycles. The molecule has 0 amide bonds. The lowest BCUT2D eigenvalue weighted by Gasteiger charge is -2.15. The number of aromatic nitrogens is 7. The zero-order valence-electron chi connectivity index (χ0n) is 77.2. The van der Waals surface area contributed by atoms with Gasteiger partial charge in [0.15, 0.2) is 0 Å². The predicted octanol–water partition coefficient (Wildman–Crippen LogP) is 35.8. The Balaban J connectivity index is 0.000000109. The molecule has 21 aromatic carbocycles. The molecule has 0 saturated carbocycles. The van der Waals surface area contributed by atoms with Crippen molar-refractivity contribution in [3.63, 3.8) is 0 Å². The molecule has 0 radical (unpaired) electrons. The summed E-state index contributed by atoms with van der Waals surface area (Å²) in [6, 6.07) is 177. The second kappa shape index (κ2) is 35.9. The molecule has 0 aliphatic rings. The standard InChI is InChI=1S/C48H30N2.C44H28N2.C43H27N3/c1-2-12-33-26-38(21-20-31(33)10-1)48-30-43(34-14-9-15-37(27-34)46-24-22-32-11-4-8-19-45(32)49-46)44-29-36(23-25-47(44)50-48)42-28-35-13-3-5-16-39(35)40-17-6-7-18-41(40)42;1-2-10-32-25-35(21-16-29(32)9-1)44-28-40(30-17-19-31(20-18-30)42-15-7-8-24-45-42)41-27-34(22-23-43(41)46-44)39-26-33-11-3-4-12-36(33)37-13-5-6-14-38(37)39;1-2-10-29-23-32(17-16-28(29)9-1)43-26-38(33-19-21-42(45-27-33)41-15-7-8-22-44-41)39-25-31(18-20-40(39)46-43)37-24-30-11-3-4-12-34(30)35-13-5-6-14-36(35)37/h1-30H;1-28H;1-27H. The summed E-state index contributed by atoms with van der Waals surface area (Å²) in [5.41, 5.74) is 29.8. The molecular weight excluding hydrogens is 1720 g/mol. The number of fused-ring (bicyclic) bond motifs is 16. The number of pyridine rings is 7. The highest BCUT2D eigenvalue weighted by Gasteiger charge is 2.22. The van der Waals surface area contributed by atoms with Crippen LogP contribution in [0.15, 0.2) is 516 Å². The molecule has 28 aromatic rings. The Morgan fingerprint density at radius 1 is 0.113 bits per heavy atom. The lowest BCUT2D eigenvalue weighted by atomic mass is 9.91. The second-order valence-corrected chi connectivity index (χ2v) is 36.5. The Labute approximate surface area is 820 Å². The quantitative estimate of drug-likeness (QED) is 0.113. The zero-order valence-corrected chi connectivity index (χ0v) is 77.2. The molecular formula is C135H85N7. The molecule has 0 saturated heterocycles. The lowest BCUT2D eigenvalue weighted by Crippen LogP contribution is -1.93. The average Bonchev–Trinajstić information content (AvgIpc) is 0.752. The van der Waals surface area contributed by atoms with Gasteiger partial charge in [-0.25, -0.2) is 19.9 Å². The maximum Gasteiger partial charge on any atom is 0.0886 e. The Morgan fingerprint density at radius 2 is 0.408 bits per heavy atom. The van der Waals surface area contributed by atoms with Crippen LogP contribution in [-0.4, -0.2) is 34.9 Å². The molecule has 7 heteroatoms. The van der Waals surface area contributed by atoms with Crippen molar-refractivity contribution in [2.24, 2.45) is 0 Å². The minimum atomic E-state index is 0.848. The van der Waals surface area contributed by atoms with Crippen molar-refractivity contribution in [3.8, 4) is 134 Å². The summed E-state index contributed by atoms with van der Waals surface area (Å²) in [4.78, 5) is 34.7. The van der Waals surface area contributed by atoms with Gasteiger partial charge < -0.3 is 0 Å². The van der Waals surface area contributed by atoms with Gasteiger partial charge in [0, 0.05) is 73.5 Å². The van der Waals surface area contributed by atoms with Crippen LogP contribution in [-0.2, 0) is 0 Å². The molecule has 0 spiro atoms. The van der Waals surface area contributed by atoms with E-state index in [1.807, 2.05) is 48.8 Å². The molecule has 0 atom stereocenters. The van der Waals surface area contributed by atoms with E-state index in [4.69, 9.17) is 24.9 Å². The molecule has 0 N–H and O–H groups in total. The Hall–Kier alpha value is -19.0. The highest BCUT2D eigenvalue weighted by molar-refractivity contribution is 6.18. The van der Waals surface area contributed by atoms with Gasteiger partial charge in [0.2, 0.25) is 0 Å². The van der Waals surface area contributed by atoms with Gasteiger partial charge in [-0.1, -0.05) is 358 Å². The average molecular weight is 1810 g/mol. The van der Waals surface area contributed by atoms with Crippen LogP contribution in [0, 0.1) is 0 Å². The third kappa shape index (κ3) is 15.8. The molecule has 0 aliphatic heterocycles. The maximum absolute atomic E-state index is 5.29. The maximum atomic E-state index is 5.29. The Morgan fingerprint density at radius 3 is 0.838 bits per heavy atom. The molecule has 28 rings (SSSR count). The minimum absolute atomic E-state index is 0.848. The van der Waals surface area contributed by atoms with Crippen LogP contribution in [0.25, 0.3) is 275 Å². The van der Waals surface area contributed by atoms with Gasteiger partial charge in [0.05, 0.1) is 61.9 Å². The van der Waals surface area contributed by atoms with Gasteiger partial charge in [-0.15, -0.1) is 0 Å². The molecule has 142 heavy (non-hydrogen) atoms. The fraction of sp³-hybridized carbons (Fsp3) is 0. The minimum Gasteiger partial charge on any atom is -0.256 e. The summed E-state index contributed by atoms with van der Waals surface area (Å²) >= 11 is 0. The number of rotatable bonds is 12. The summed E-state index contributed by atoms with van der Waals surface area (Å²) in [6.45, 7) is 0. The van der Waals surface area contributed by atoms with Crippen molar-refractivity contribution < 1.29 is 0 Å². The van der Waals surface area contributed by atoms with E-state index >= 15 is 0 Å². The van der Waals surface area contributed by atoms with Crippen molar-refractivity contribution >= 4 is 141 Å². The van der Waals surface area contributed by atoms with Crippen LogP contribution in [0.1, 0.15) is 0 Å². The van der Waals surface area contributed by atoms with Crippen molar-refractivity contribution in [2.45, 2.75) is 0 Å². The SMILES string of the molecule is c1cc(-c2ccc3ccccc3n2)cc(-c2cc(-c3ccc4ccccc4c3)nc3ccc(-c4cc5ccccc5c5ccccc45)cc23)c1.c1ccc(-c2ccc(-c3cc(-c4ccc5ccccc5c4)nc4ccc(-c5cc6ccccc6c6ccccc56)cc34)cc2)nc1.c1ccc(-c2ccc(-c3cc(-c4ccc5ccccc5c4)nc4ccc(-c5cc6ccccc6c6ccccc56)cc34)cn2)nc1. The topological polar surface area (TPSA) is 90.2 Å². The first-order chi connectivity index (χ1) is 70.3. The molecule has 7 nitrogen and oxygen atoms in total. The predicted molar refractivity (Wildman–Crippen MR) is 597 cm³/mol. The third-order valence-corrected chi connectivity index (χ3v) is 28.0. The van der Waals surface area contributed by atoms with Crippen LogP contribution in [0.3, 0.4) is 0 Å². The fourth-order valence-corrected chi connectivity index (χ4v) is 20.9. The Bertz CT molecular complexity index is 9510. The summed E-state index contributed by atoms with van der Waals surface area (Å²) in [7, 11) is 0. The number of hydrogen-bond donors (Lipinski definition) is 0. The molecule has 7 aromatic heterocycles. The fourth-order valence-electron chi connectivity index (χ4n) is 20.9. The van der Waals surface area contributed by atoms with Crippen LogP contribution < -0.4 is 0 Å². The summed E-state index contributed by atoms with van der Waals surface area (Å²) in [6.07, 6.45) is 5.60. The van der Waals surface area contributed by atoms with E-state index in [2.05, 4.69) is 471 Å². The first kappa shape index (κ1) is 83.6. The van der Waals surface area contributed by atoms with Crippen LogP contribution >= 0.6 is 0 Å². The van der Waals surface area contributed by atoms with E-state index < -0.39 is 0 Å². The second-order valence-electron chi connectivity index (χ2n) is 36.5. The van der Waals surface area contributed by atoms with Gasteiger partial charge >= 0.3 is 0 Å².